The van der Waals surface area contributed by atoms with Crippen molar-refractivity contribution in [1.29, 1.82) is 0 Å². The SMILES string of the molecule is Cl[P@@]1O[C@H](CSc2ccccc2)[C@@H]2CCCN21. The molecule has 0 amide bonds. The van der Waals surface area contributed by atoms with Crippen LogP contribution in [0, 0.1) is 0 Å². The van der Waals surface area contributed by atoms with Crippen LogP contribution in [0.1, 0.15) is 12.8 Å². The highest BCUT2D eigenvalue weighted by molar-refractivity contribution is 7.99. The number of nitrogens with zero attached hydrogens (tertiary/aromatic N) is 1. The van der Waals surface area contributed by atoms with E-state index in [1.54, 1.807) is 0 Å². The first-order valence-electron chi connectivity index (χ1n) is 5.92. The largest absolute Gasteiger partial charge is 0.326 e. The molecule has 0 aromatic heterocycles. The normalized spacial score (nSPS) is 32.9. The Bertz CT molecular complexity index is 380. The molecule has 1 aromatic rings. The van der Waals surface area contributed by atoms with Crippen molar-refractivity contribution in [2.45, 2.75) is 29.9 Å². The lowest BCUT2D eigenvalue weighted by atomic mass is 10.1. The van der Waals surface area contributed by atoms with E-state index in [0.717, 1.165) is 12.3 Å². The molecular formula is C12H15ClNOPS. The maximum Gasteiger partial charge on any atom is 0.207 e. The summed E-state index contributed by atoms with van der Waals surface area (Å²) in [4.78, 5) is 1.31. The van der Waals surface area contributed by atoms with Crippen molar-refractivity contribution in [2.24, 2.45) is 0 Å². The first-order chi connectivity index (χ1) is 8.34. The van der Waals surface area contributed by atoms with Crippen molar-refractivity contribution in [3.05, 3.63) is 30.3 Å². The Morgan fingerprint density at radius 3 is 3.06 bits per heavy atom. The zero-order valence-electron chi connectivity index (χ0n) is 9.46. The van der Waals surface area contributed by atoms with E-state index in [9.17, 15) is 0 Å². The number of hydrogen-bond donors (Lipinski definition) is 0. The zero-order valence-corrected chi connectivity index (χ0v) is 11.9. The van der Waals surface area contributed by atoms with E-state index in [1.165, 1.54) is 17.7 Å². The van der Waals surface area contributed by atoms with Crippen LogP contribution in [0.3, 0.4) is 0 Å². The van der Waals surface area contributed by atoms with Gasteiger partial charge in [-0.05, 0) is 36.2 Å². The summed E-state index contributed by atoms with van der Waals surface area (Å²) in [7, 11) is -0.833. The molecule has 2 aliphatic rings. The van der Waals surface area contributed by atoms with Crippen molar-refractivity contribution in [2.75, 3.05) is 12.3 Å². The van der Waals surface area contributed by atoms with Crippen LogP contribution in [0.2, 0.25) is 0 Å². The van der Waals surface area contributed by atoms with E-state index < -0.39 is 7.65 Å². The Labute approximate surface area is 112 Å². The van der Waals surface area contributed by atoms with Gasteiger partial charge in [-0.25, -0.2) is 4.67 Å². The van der Waals surface area contributed by atoms with E-state index in [4.69, 9.17) is 15.8 Å². The Morgan fingerprint density at radius 2 is 2.24 bits per heavy atom. The number of rotatable bonds is 3. The number of thioether (sulfide) groups is 1. The van der Waals surface area contributed by atoms with Gasteiger partial charge in [0.05, 0.1) is 6.10 Å². The Balaban J connectivity index is 1.59. The van der Waals surface area contributed by atoms with Crippen LogP contribution in [0.4, 0.5) is 0 Å². The molecule has 0 aliphatic carbocycles. The number of halogens is 1. The van der Waals surface area contributed by atoms with Gasteiger partial charge in [-0.1, -0.05) is 18.2 Å². The van der Waals surface area contributed by atoms with Gasteiger partial charge in [0.15, 0.2) is 0 Å². The highest BCUT2D eigenvalue weighted by Crippen LogP contribution is 2.58. The number of hydrogen-bond acceptors (Lipinski definition) is 3. The van der Waals surface area contributed by atoms with Crippen LogP contribution >= 0.6 is 30.7 Å². The fourth-order valence-corrected chi connectivity index (χ4v) is 5.75. The minimum absolute atomic E-state index is 0.311. The molecule has 0 N–H and O–H groups in total. The minimum atomic E-state index is -0.833. The first-order valence-corrected chi connectivity index (χ1v) is 9.02. The van der Waals surface area contributed by atoms with Gasteiger partial charge in [0.2, 0.25) is 7.65 Å². The third-order valence-corrected chi connectivity index (χ3v) is 6.55. The summed E-state index contributed by atoms with van der Waals surface area (Å²) in [5.41, 5.74) is 0. The fourth-order valence-electron chi connectivity index (χ4n) is 2.43. The molecule has 0 radical (unpaired) electrons. The molecule has 2 fully saturated rings. The molecule has 2 nitrogen and oxygen atoms in total. The lowest BCUT2D eigenvalue weighted by Gasteiger charge is -2.16. The van der Waals surface area contributed by atoms with E-state index >= 15 is 0 Å². The molecule has 0 unspecified atom stereocenters. The molecule has 5 heteroatoms. The van der Waals surface area contributed by atoms with Gasteiger partial charge in [0.25, 0.3) is 0 Å². The van der Waals surface area contributed by atoms with Gasteiger partial charge in [-0.15, -0.1) is 11.8 Å². The summed E-state index contributed by atoms with van der Waals surface area (Å²) in [5, 5.41) is 0. The Hall–Kier alpha value is 0.210. The molecule has 2 heterocycles. The van der Waals surface area contributed by atoms with Gasteiger partial charge in [0.1, 0.15) is 0 Å². The van der Waals surface area contributed by atoms with Crippen molar-refractivity contribution in [3.8, 4) is 0 Å². The molecule has 1 aromatic carbocycles. The van der Waals surface area contributed by atoms with Crippen molar-refractivity contribution in [3.63, 3.8) is 0 Å². The molecule has 3 atom stereocenters. The van der Waals surface area contributed by atoms with Crippen molar-refractivity contribution >= 4 is 30.7 Å². The molecule has 0 saturated carbocycles. The molecular weight excluding hydrogens is 273 g/mol. The van der Waals surface area contributed by atoms with Crippen LogP contribution < -0.4 is 0 Å². The number of fused-ring (bicyclic) bond motifs is 1. The van der Waals surface area contributed by atoms with E-state index in [2.05, 4.69) is 28.9 Å². The monoisotopic (exact) mass is 287 g/mol. The van der Waals surface area contributed by atoms with Gasteiger partial charge < -0.3 is 4.52 Å². The Kier molecular flexibility index (Phi) is 3.94. The maximum absolute atomic E-state index is 6.25. The van der Waals surface area contributed by atoms with Gasteiger partial charge in [-0.2, -0.15) is 0 Å². The van der Waals surface area contributed by atoms with Gasteiger partial charge >= 0.3 is 0 Å². The quantitative estimate of drug-likeness (QED) is 0.613. The van der Waals surface area contributed by atoms with Crippen molar-refractivity contribution in [1.82, 2.24) is 4.67 Å². The smallest absolute Gasteiger partial charge is 0.207 e. The van der Waals surface area contributed by atoms with Crippen LogP contribution in [0.5, 0.6) is 0 Å². The van der Waals surface area contributed by atoms with Gasteiger partial charge in [0, 0.05) is 23.2 Å². The Morgan fingerprint density at radius 1 is 1.41 bits per heavy atom. The summed E-state index contributed by atoms with van der Waals surface area (Å²) in [6.45, 7) is 1.12. The molecule has 2 saturated heterocycles. The third kappa shape index (κ3) is 2.64. The second-order valence-electron chi connectivity index (χ2n) is 4.37. The molecule has 17 heavy (non-hydrogen) atoms. The summed E-state index contributed by atoms with van der Waals surface area (Å²) in [6, 6.07) is 11.1. The van der Waals surface area contributed by atoms with E-state index in [0.29, 0.717) is 12.1 Å². The van der Waals surface area contributed by atoms with E-state index in [-0.39, 0.29) is 0 Å². The molecule has 2 aliphatic heterocycles. The first kappa shape index (κ1) is 12.3. The van der Waals surface area contributed by atoms with Crippen molar-refractivity contribution < 1.29 is 4.52 Å². The highest BCUT2D eigenvalue weighted by Gasteiger charge is 2.44. The van der Waals surface area contributed by atoms with Crippen LogP contribution in [0.25, 0.3) is 0 Å². The molecule has 3 rings (SSSR count). The zero-order chi connectivity index (χ0) is 11.7. The average Bonchev–Trinajstić information content (AvgIpc) is 2.93. The van der Waals surface area contributed by atoms with Crippen LogP contribution in [-0.2, 0) is 4.52 Å². The molecule has 0 bridgehead atoms. The lowest BCUT2D eigenvalue weighted by molar-refractivity contribution is 0.238. The van der Waals surface area contributed by atoms with Crippen LogP contribution in [0.15, 0.2) is 35.2 Å². The highest BCUT2D eigenvalue weighted by atomic mass is 35.7. The molecule has 92 valence electrons. The number of benzene rings is 1. The maximum atomic E-state index is 6.25. The molecule has 0 spiro atoms. The summed E-state index contributed by atoms with van der Waals surface area (Å²) in [6.07, 6.45) is 2.82. The van der Waals surface area contributed by atoms with Crippen LogP contribution in [-0.4, -0.2) is 29.1 Å². The average molecular weight is 288 g/mol. The summed E-state index contributed by atoms with van der Waals surface area (Å²) >= 11 is 8.12. The third-order valence-electron chi connectivity index (χ3n) is 3.28. The minimum Gasteiger partial charge on any atom is -0.326 e. The standard InChI is InChI=1S/C12H15ClNOPS/c13-16-14-8-4-7-11(14)12(15-16)9-17-10-5-2-1-3-6-10/h1-3,5-6,11-12H,4,7-9H2/t11-,12+,16+/m0/s1. The second-order valence-corrected chi connectivity index (χ2v) is 7.50. The second kappa shape index (κ2) is 5.46. The van der Waals surface area contributed by atoms with Gasteiger partial charge in [-0.3, -0.25) is 0 Å². The summed E-state index contributed by atoms with van der Waals surface area (Å²) in [5.74, 6) is 1.01. The lowest BCUT2D eigenvalue weighted by Crippen LogP contribution is -2.29. The topological polar surface area (TPSA) is 12.5 Å². The predicted molar refractivity (Wildman–Crippen MR) is 74.5 cm³/mol. The predicted octanol–water partition coefficient (Wildman–Crippen LogP) is 4.11. The summed E-state index contributed by atoms with van der Waals surface area (Å²) < 4.78 is 8.24. The fraction of sp³-hybridized carbons (Fsp3) is 0.500. The van der Waals surface area contributed by atoms with E-state index in [1.807, 2.05) is 17.8 Å².